The molecular formula is C22H24N2O4. The van der Waals surface area contributed by atoms with Gasteiger partial charge in [0.1, 0.15) is 6.04 Å². The lowest BCUT2D eigenvalue weighted by Gasteiger charge is -2.34. The lowest BCUT2D eigenvalue weighted by molar-refractivity contribution is -0.154. The highest BCUT2D eigenvalue weighted by Crippen LogP contribution is 2.53. The van der Waals surface area contributed by atoms with Gasteiger partial charge in [0.2, 0.25) is 17.7 Å². The highest BCUT2D eigenvalue weighted by atomic mass is 16.5. The number of morpholine rings is 1. The van der Waals surface area contributed by atoms with E-state index in [0.29, 0.717) is 32.7 Å². The number of amides is 3. The fourth-order valence-electron chi connectivity index (χ4n) is 5.35. The Morgan fingerprint density at radius 3 is 2.21 bits per heavy atom. The van der Waals surface area contributed by atoms with Gasteiger partial charge in [-0.05, 0) is 23.8 Å². The molecule has 2 bridgehead atoms. The molecule has 3 fully saturated rings. The summed E-state index contributed by atoms with van der Waals surface area (Å²) in [5.41, 5.74) is 0.952. The van der Waals surface area contributed by atoms with Crippen LogP contribution in [0.5, 0.6) is 0 Å². The minimum Gasteiger partial charge on any atom is -0.378 e. The van der Waals surface area contributed by atoms with Crippen LogP contribution in [0.1, 0.15) is 12.0 Å². The smallest absolute Gasteiger partial charge is 0.246 e. The van der Waals surface area contributed by atoms with Crippen LogP contribution in [0.2, 0.25) is 0 Å². The third kappa shape index (κ3) is 2.70. The first-order valence-corrected chi connectivity index (χ1v) is 10.1. The molecule has 28 heavy (non-hydrogen) atoms. The number of imide groups is 1. The maximum Gasteiger partial charge on any atom is 0.246 e. The zero-order valence-electron chi connectivity index (χ0n) is 15.7. The maximum atomic E-state index is 13.4. The van der Waals surface area contributed by atoms with E-state index in [9.17, 15) is 14.4 Å². The number of hydrogen-bond acceptors (Lipinski definition) is 4. The van der Waals surface area contributed by atoms with Crippen molar-refractivity contribution in [2.24, 2.45) is 23.7 Å². The summed E-state index contributed by atoms with van der Waals surface area (Å²) in [6, 6.07) is 8.86. The van der Waals surface area contributed by atoms with Crippen molar-refractivity contribution in [2.75, 3.05) is 26.3 Å². The number of hydrogen-bond donors (Lipinski definition) is 0. The first-order chi connectivity index (χ1) is 13.6. The normalized spacial score (nSPS) is 32.1. The standard InChI is InChI=1S/C22H24N2O4/c25-20(23-8-10-28-11-9-23)17(12-14-4-2-1-3-5-14)24-21(26)18-15-6-7-16(13-15)19(18)22(24)27/h1-7,15-19H,8-13H2/t15-,16-,17-,18-,19+/m0/s1. The number of rotatable bonds is 4. The quantitative estimate of drug-likeness (QED) is 0.583. The van der Waals surface area contributed by atoms with E-state index in [1.54, 1.807) is 4.90 Å². The minimum atomic E-state index is -0.773. The number of benzene rings is 1. The van der Waals surface area contributed by atoms with Gasteiger partial charge in [-0.25, -0.2) is 0 Å². The van der Waals surface area contributed by atoms with Crippen molar-refractivity contribution in [3.8, 4) is 0 Å². The van der Waals surface area contributed by atoms with E-state index in [2.05, 4.69) is 12.2 Å². The van der Waals surface area contributed by atoms with Gasteiger partial charge < -0.3 is 9.64 Å². The van der Waals surface area contributed by atoms with Crippen molar-refractivity contribution >= 4 is 17.7 Å². The fraction of sp³-hybridized carbons (Fsp3) is 0.500. The second-order valence-corrected chi connectivity index (χ2v) is 8.19. The molecule has 0 N–H and O–H groups in total. The first kappa shape index (κ1) is 17.6. The SMILES string of the molecule is O=C([C@H](Cc1ccccc1)N1C(=O)[C@@H]2[C@H](C1=O)[C@H]1C=C[C@H]2C1)N1CCOCC1. The van der Waals surface area contributed by atoms with Gasteiger partial charge in [-0.2, -0.15) is 0 Å². The topological polar surface area (TPSA) is 66.9 Å². The number of nitrogens with zero attached hydrogens (tertiary/aromatic N) is 2. The van der Waals surface area contributed by atoms with Crippen molar-refractivity contribution in [2.45, 2.75) is 18.9 Å². The van der Waals surface area contributed by atoms with Crippen LogP contribution in [0, 0.1) is 23.7 Å². The predicted molar refractivity (Wildman–Crippen MR) is 101 cm³/mol. The number of carbonyl (C=O) groups is 3. The summed E-state index contributed by atoms with van der Waals surface area (Å²) < 4.78 is 5.36. The molecule has 4 aliphatic rings. The predicted octanol–water partition coefficient (Wildman–Crippen LogP) is 1.26. The maximum absolute atomic E-state index is 13.4. The third-order valence-electron chi connectivity index (χ3n) is 6.70. The van der Waals surface area contributed by atoms with Gasteiger partial charge in [-0.1, -0.05) is 42.5 Å². The van der Waals surface area contributed by atoms with Crippen LogP contribution in [0.25, 0.3) is 0 Å². The van der Waals surface area contributed by atoms with Gasteiger partial charge in [0.15, 0.2) is 0 Å². The monoisotopic (exact) mass is 380 g/mol. The summed E-state index contributed by atoms with van der Waals surface area (Å²) >= 11 is 0. The summed E-state index contributed by atoms with van der Waals surface area (Å²) in [5, 5.41) is 0. The second-order valence-electron chi connectivity index (χ2n) is 8.19. The molecule has 146 valence electrons. The zero-order valence-corrected chi connectivity index (χ0v) is 15.7. The number of carbonyl (C=O) groups excluding carboxylic acids is 3. The third-order valence-corrected chi connectivity index (χ3v) is 6.70. The first-order valence-electron chi connectivity index (χ1n) is 10.1. The Labute approximate surface area is 164 Å². The largest absolute Gasteiger partial charge is 0.378 e. The molecule has 2 saturated heterocycles. The summed E-state index contributed by atoms with van der Waals surface area (Å²) in [4.78, 5) is 43.0. The molecular weight excluding hydrogens is 356 g/mol. The Morgan fingerprint density at radius 1 is 1.00 bits per heavy atom. The lowest BCUT2D eigenvalue weighted by Crippen LogP contribution is -2.55. The Balaban J connectivity index is 1.46. The molecule has 0 spiro atoms. The molecule has 0 unspecified atom stereocenters. The summed E-state index contributed by atoms with van der Waals surface area (Å²) in [5.74, 6) is -0.728. The summed E-state index contributed by atoms with van der Waals surface area (Å²) in [6.45, 7) is 1.98. The molecule has 1 saturated carbocycles. The molecule has 2 heterocycles. The molecule has 5 atom stereocenters. The molecule has 0 aromatic heterocycles. The minimum absolute atomic E-state index is 0.144. The van der Waals surface area contributed by atoms with Crippen LogP contribution in [-0.4, -0.2) is 59.9 Å². The highest BCUT2D eigenvalue weighted by molar-refractivity contribution is 6.09. The molecule has 6 heteroatoms. The average molecular weight is 380 g/mol. The Bertz CT molecular complexity index is 800. The molecule has 2 aliphatic carbocycles. The van der Waals surface area contributed by atoms with Crippen LogP contribution in [0.4, 0.5) is 0 Å². The zero-order chi connectivity index (χ0) is 19.3. The Hall–Kier alpha value is -2.47. The number of fused-ring (bicyclic) bond motifs is 5. The molecule has 6 nitrogen and oxygen atoms in total. The molecule has 0 radical (unpaired) electrons. The molecule has 1 aromatic carbocycles. The van der Waals surface area contributed by atoms with Crippen LogP contribution in [0.15, 0.2) is 42.5 Å². The van der Waals surface area contributed by atoms with Gasteiger partial charge in [0.25, 0.3) is 0 Å². The van der Waals surface area contributed by atoms with E-state index in [4.69, 9.17) is 4.74 Å². The molecule has 1 aromatic rings. The second kappa shape index (κ2) is 6.85. The van der Waals surface area contributed by atoms with Crippen molar-refractivity contribution in [3.63, 3.8) is 0 Å². The van der Waals surface area contributed by atoms with Gasteiger partial charge in [0, 0.05) is 19.5 Å². The number of allylic oxidation sites excluding steroid dienone is 2. The van der Waals surface area contributed by atoms with Gasteiger partial charge in [0.05, 0.1) is 25.0 Å². The Morgan fingerprint density at radius 2 is 1.61 bits per heavy atom. The number of ether oxygens (including phenoxy) is 1. The van der Waals surface area contributed by atoms with Crippen LogP contribution in [0.3, 0.4) is 0 Å². The van der Waals surface area contributed by atoms with E-state index >= 15 is 0 Å². The van der Waals surface area contributed by atoms with Crippen molar-refractivity contribution in [3.05, 3.63) is 48.0 Å². The van der Waals surface area contributed by atoms with Gasteiger partial charge in [-0.3, -0.25) is 19.3 Å². The van der Waals surface area contributed by atoms with E-state index in [-0.39, 0.29) is 41.4 Å². The van der Waals surface area contributed by atoms with Crippen LogP contribution in [-0.2, 0) is 25.5 Å². The van der Waals surface area contributed by atoms with Crippen molar-refractivity contribution < 1.29 is 19.1 Å². The molecule has 2 aliphatic heterocycles. The van der Waals surface area contributed by atoms with E-state index in [1.807, 2.05) is 30.3 Å². The van der Waals surface area contributed by atoms with Crippen LogP contribution >= 0.6 is 0 Å². The van der Waals surface area contributed by atoms with Gasteiger partial charge in [-0.15, -0.1) is 0 Å². The fourth-order valence-corrected chi connectivity index (χ4v) is 5.35. The van der Waals surface area contributed by atoms with E-state index < -0.39 is 6.04 Å². The van der Waals surface area contributed by atoms with Crippen LogP contribution < -0.4 is 0 Å². The lowest BCUT2D eigenvalue weighted by atomic mass is 9.85. The van der Waals surface area contributed by atoms with E-state index in [1.165, 1.54) is 4.90 Å². The molecule has 3 amide bonds. The number of likely N-dealkylation sites (tertiary alicyclic amines) is 1. The van der Waals surface area contributed by atoms with E-state index in [0.717, 1.165) is 12.0 Å². The average Bonchev–Trinajstić information content (AvgIpc) is 3.41. The Kier molecular flexibility index (Phi) is 4.31. The van der Waals surface area contributed by atoms with Crippen molar-refractivity contribution in [1.82, 2.24) is 9.80 Å². The van der Waals surface area contributed by atoms with Crippen molar-refractivity contribution in [1.29, 1.82) is 0 Å². The highest BCUT2D eigenvalue weighted by Gasteiger charge is 2.61. The summed E-state index contributed by atoms with van der Waals surface area (Å²) in [7, 11) is 0. The summed E-state index contributed by atoms with van der Waals surface area (Å²) in [6.07, 6.45) is 5.41. The van der Waals surface area contributed by atoms with Gasteiger partial charge >= 0.3 is 0 Å². The molecule has 5 rings (SSSR count).